The Balaban J connectivity index is 0.00000225. The van der Waals surface area contributed by atoms with Crippen molar-refractivity contribution in [3.63, 3.8) is 0 Å². The van der Waals surface area contributed by atoms with Gasteiger partial charge in [0.25, 0.3) is 0 Å². The van der Waals surface area contributed by atoms with Gasteiger partial charge in [0.15, 0.2) is 0 Å². The molecule has 2 unspecified atom stereocenters. The average Bonchev–Trinajstić information content (AvgIpc) is 2.61. The van der Waals surface area contributed by atoms with Gasteiger partial charge in [-0.25, -0.2) is 0 Å². The van der Waals surface area contributed by atoms with Crippen LogP contribution in [0.1, 0.15) is 49.8 Å². The van der Waals surface area contributed by atoms with Gasteiger partial charge in [-0.2, -0.15) is 0 Å². The zero-order valence-corrected chi connectivity index (χ0v) is 15.4. The van der Waals surface area contributed by atoms with E-state index in [4.69, 9.17) is 5.73 Å². The molecule has 2 atom stereocenters. The van der Waals surface area contributed by atoms with Crippen molar-refractivity contribution in [3.05, 3.63) is 41.6 Å². The van der Waals surface area contributed by atoms with Crippen molar-refractivity contribution in [2.24, 2.45) is 5.73 Å². The summed E-state index contributed by atoms with van der Waals surface area (Å²) >= 11 is 0. The molecule has 2 amide bonds. The number of likely N-dealkylation sites (tertiary alicyclic amines) is 1. The number of hydrogen-bond acceptors (Lipinski definition) is 3. The third kappa shape index (κ3) is 4.05. The molecule has 1 fully saturated rings. The lowest BCUT2D eigenvalue weighted by Crippen LogP contribution is -2.48. The first-order valence-electron chi connectivity index (χ1n) is 8.67. The van der Waals surface area contributed by atoms with Crippen LogP contribution < -0.4 is 5.73 Å². The minimum Gasteiger partial charge on any atom is -0.338 e. The number of nitrogens with two attached hydrogens (primary N) is 1. The van der Waals surface area contributed by atoms with Gasteiger partial charge in [0.05, 0.1) is 12.5 Å². The van der Waals surface area contributed by atoms with Crippen molar-refractivity contribution in [1.29, 1.82) is 0 Å². The largest absolute Gasteiger partial charge is 0.338 e. The first-order valence-corrected chi connectivity index (χ1v) is 8.67. The van der Waals surface area contributed by atoms with E-state index in [-0.39, 0.29) is 36.3 Å². The number of nitrogens with zero attached hydrogens (tertiary/aromatic N) is 2. The highest BCUT2D eigenvalue weighted by Crippen LogP contribution is 2.33. The summed E-state index contributed by atoms with van der Waals surface area (Å²) in [5.41, 5.74) is 7.95. The first kappa shape index (κ1) is 19.5. The van der Waals surface area contributed by atoms with Crippen LogP contribution in [0.15, 0.2) is 30.5 Å². The highest BCUT2D eigenvalue weighted by molar-refractivity contribution is 5.85. The normalized spacial score (nSPS) is 22.2. The van der Waals surface area contributed by atoms with Gasteiger partial charge in [-0.1, -0.05) is 24.3 Å². The molecule has 0 radical (unpaired) electrons. The summed E-state index contributed by atoms with van der Waals surface area (Å²) in [5, 5.41) is 0. The summed E-state index contributed by atoms with van der Waals surface area (Å²) in [7, 11) is 0. The molecule has 6 heteroatoms. The van der Waals surface area contributed by atoms with Gasteiger partial charge in [0.1, 0.15) is 0 Å². The van der Waals surface area contributed by atoms with E-state index in [1.807, 2.05) is 35.2 Å². The number of fused-ring (bicyclic) bond motifs is 1. The number of benzene rings is 1. The van der Waals surface area contributed by atoms with Crippen LogP contribution in [0.4, 0.5) is 0 Å². The van der Waals surface area contributed by atoms with Gasteiger partial charge in [-0.15, -0.1) is 12.4 Å². The molecule has 3 rings (SSSR count). The molecule has 2 aliphatic heterocycles. The van der Waals surface area contributed by atoms with Gasteiger partial charge in [-0.3, -0.25) is 9.59 Å². The van der Waals surface area contributed by atoms with Gasteiger partial charge in [0, 0.05) is 32.3 Å². The van der Waals surface area contributed by atoms with Crippen LogP contribution in [0.2, 0.25) is 0 Å². The number of piperidine rings is 1. The van der Waals surface area contributed by atoms with E-state index < -0.39 is 0 Å². The van der Waals surface area contributed by atoms with E-state index in [1.54, 1.807) is 18.0 Å². The highest BCUT2D eigenvalue weighted by atomic mass is 35.5. The second-order valence-electron chi connectivity index (χ2n) is 6.56. The van der Waals surface area contributed by atoms with E-state index >= 15 is 0 Å². The first-order chi connectivity index (χ1) is 11.6. The fourth-order valence-corrected chi connectivity index (χ4v) is 3.77. The zero-order valence-electron chi connectivity index (χ0n) is 14.6. The second-order valence-corrected chi connectivity index (χ2v) is 6.56. The summed E-state index contributed by atoms with van der Waals surface area (Å²) in [4.78, 5) is 28.5. The predicted molar refractivity (Wildman–Crippen MR) is 101 cm³/mol. The lowest BCUT2D eigenvalue weighted by molar-refractivity contribution is -0.137. The summed E-state index contributed by atoms with van der Waals surface area (Å²) in [5.74, 6) is 0.0408. The van der Waals surface area contributed by atoms with E-state index in [2.05, 4.69) is 0 Å². The Hall–Kier alpha value is -1.85. The number of carbonyl (C=O) groups is 2. The molecule has 1 aromatic rings. The van der Waals surface area contributed by atoms with Gasteiger partial charge in [0.2, 0.25) is 11.8 Å². The number of carbonyl (C=O) groups excluding carboxylic acids is 2. The molecule has 0 bridgehead atoms. The maximum atomic E-state index is 12.9. The Bertz CT molecular complexity index is 662. The molecular weight excluding hydrogens is 338 g/mol. The Kier molecular flexibility index (Phi) is 6.62. The number of rotatable bonds is 3. The molecule has 2 aliphatic rings. The van der Waals surface area contributed by atoms with Gasteiger partial charge in [-0.05, 0) is 36.5 Å². The molecule has 0 saturated carbocycles. The third-order valence-corrected chi connectivity index (χ3v) is 5.06. The van der Waals surface area contributed by atoms with Crippen LogP contribution in [0.5, 0.6) is 0 Å². The Labute approximate surface area is 155 Å². The fraction of sp³-hybridized carbons (Fsp3) is 0.474. The molecule has 0 aliphatic carbocycles. The molecule has 2 heterocycles. The Morgan fingerprint density at radius 2 is 2.00 bits per heavy atom. The van der Waals surface area contributed by atoms with Crippen molar-refractivity contribution in [3.8, 4) is 0 Å². The molecule has 5 nitrogen and oxygen atoms in total. The molecule has 25 heavy (non-hydrogen) atoms. The van der Waals surface area contributed by atoms with E-state index in [0.29, 0.717) is 13.0 Å². The van der Waals surface area contributed by atoms with Crippen LogP contribution in [-0.4, -0.2) is 40.7 Å². The Morgan fingerprint density at radius 1 is 1.24 bits per heavy atom. The van der Waals surface area contributed by atoms with Crippen LogP contribution in [0.3, 0.4) is 0 Å². The van der Waals surface area contributed by atoms with E-state index in [0.717, 1.165) is 36.9 Å². The number of halogens is 1. The monoisotopic (exact) mass is 363 g/mol. The van der Waals surface area contributed by atoms with Gasteiger partial charge >= 0.3 is 0 Å². The molecule has 0 spiro atoms. The number of amides is 2. The van der Waals surface area contributed by atoms with Crippen molar-refractivity contribution in [2.75, 3.05) is 13.1 Å². The van der Waals surface area contributed by atoms with Crippen LogP contribution in [0, 0.1) is 0 Å². The van der Waals surface area contributed by atoms with E-state index in [1.165, 1.54) is 0 Å². The molecule has 2 N–H and O–H groups in total. The summed E-state index contributed by atoms with van der Waals surface area (Å²) in [6, 6.07) is 7.84. The fourth-order valence-electron chi connectivity index (χ4n) is 3.77. The third-order valence-electron chi connectivity index (χ3n) is 5.06. The standard InChI is InChI=1S/C19H25N3O2.ClH/c1-14(23)21-11-9-15-6-2-3-8-17(15)18(21)12-19(24)22-10-5-4-7-16(22)13-20;/h2-3,6,8-9,11,16,18H,4-5,7,10,12-13,20H2,1H3;1H. The molecule has 1 saturated heterocycles. The van der Waals surface area contributed by atoms with Gasteiger partial charge < -0.3 is 15.5 Å². The van der Waals surface area contributed by atoms with Crippen molar-refractivity contribution in [2.45, 2.75) is 44.7 Å². The van der Waals surface area contributed by atoms with Crippen LogP contribution >= 0.6 is 12.4 Å². The van der Waals surface area contributed by atoms with E-state index in [9.17, 15) is 9.59 Å². The molecular formula is C19H26ClN3O2. The highest BCUT2D eigenvalue weighted by Gasteiger charge is 2.32. The molecule has 0 aromatic heterocycles. The SMILES string of the molecule is CC(=O)N1C=Cc2ccccc2C1CC(=O)N1CCCCC1CN.Cl. The zero-order chi connectivity index (χ0) is 17.1. The summed E-state index contributed by atoms with van der Waals surface area (Å²) in [6.45, 7) is 2.81. The molecule has 1 aromatic carbocycles. The quantitative estimate of drug-likeness (QED) is 0.897. The lowest BCUT2D eigenvalue weighted by Gasteiger charge is -2.38. The average molecular weight is 364 g/mol. The van der Waals surface area contributed by atoms with Crippen LogP contribution in [0.25, 0.3) is 6.08 Å². The lowest BCUT2D eigenvalue weighted by atomic mass is 9.92. The number of hydrogen-bond donors (Lipinski definition) is 1. The maximum absolute atomic E-state index is 12.9. The predicted octanol–water partition coefficient (Wildman–Crippen LogP) is 2.71. The van der Waals surface area contributed by atoms with Crippen molar-refractivity contribution < 1.29 is 9.59 Å². The minimum atomic E-state index is -0.239. The van der Waals surface area contributed by atoms with Crippen molar-refractivity contribution >= 4 is 30.3 Å². The molecule has 136 valence electrons. The second kappa shape index (κ2) is 8.50. The van der Waals surface area contributed by atoms with Crippen molar-refractivity contribution in [1.82, 2.24) is 9.80 Å². The topological polar surface area (TPSA) is 66.6 Å². The van der Waals surface area contributed by atoms with Crippen LogP contribution in [-0.2, 0) is 9.59 Å². The maximum Gasteiger partial charge on any atom is 0.225 e. The Morgan fingerprint density at radius 3 is 2.72 bits per heavy atom. The minimum absolute atomic E-state index is 0. The smallest absolute Gasteiger partial charge is 0.225 e. The summed E-state index contributed by atoms with van der Waals surface area (Å²) < 4.78 is 0. The summed E-state index contributed by atoms with van der Waals surface area (Å²) in [6.07, 6.45) is 7.15.